The first-order valence-electron chi connectivity index (χ1n) is 16.4. The Balaban J connectivity index is -0.000000210. The molecule has 5 aliphatic heterocycles. The normalized spacial score (nSPS) is 29.0. The highest BCUT2D eigenvalue weighted by atomic mass is 15.1. The Hall–Kier alpha value is -0.200. The van der Waals surface area contributed by atoms with Gasteiger partial charge in [0.1, 0.15) is 0 Å². The maximum Gasteiger partial charge on any atom is 0.00643 e. The first-order chi connectivity index (χ1) is 18.0. The summed E-state index contributed by atoms with van der Waals surface area (Å²) in [5.41, 5.74) is 0. The number of nitrogens with zero attached hydrogens (tertiary/aromatic N) is 5. The molecule has 5 heterocycles. The molecule has 5 rings (SSSR count). The Morgan fingerprint density at radius 1 is 0.357 bits per heavy atom. The second-order valence-electron chi connectivity index (χ2n) is 13.9. The second-order valence-corrected chi connectivity index (χ2v) is 13.9. The van der Waals surface area contributed by atoms with E-state index in [1.54, 1.807) is 0 Å². The largest absolute Gasteiger partial charge is 0.306 e. The molecular weight excluding hydrogens is 514 g/mol. The number of piperidine rings is 3. The van der Waals surface area contributed by atoms with Crippen LogP contribution in [0.25, 0.3) is 0 Å². The molecule has 0 spiro atoms. The van der Waals surface area contributed by atoms with Gasteiger partial charge in [-0.1, -0.05) is 56.9 Å². The highest BCUT2D eigenvalue weighted by Crippen LogP contribution is 2.15. The Bertz CT molecular complexity index is 506. The molecule has 4 atom stereocenters. The summed E-state index contributed by atoms with van der Waals surface area (Å²) in [6.07, 6.45) is 14.1. The van der Waals surface area contributed by atoms with E-state index in [1.807, 2.05) is 0 Å². The van der Waals surface area contributed by atoms with Crippen molar-refractivity contribution in [3.8, 4) is 0 Å². The average Bonchev–Trinajstić information content (AvgIpc) is 3.44. The molecule has 5 saturated heterocycles. The van der Waals surface area contributed by atoms with Crippen LogP contribution in [0.1, 0.15) is 129 Å². The molecule has 260 valence electrons. The summed E-state index contributed by atoms with van der Waals surface area (Å²) >= 11 is 0. The molecule has 0 aromatic carbocycles. The molecule has 0 aliphatic carbocycles. The van der Waals surface area contributed by atoms with E-state index in [2.05, 4.69) is 94.4 Å². The first-order valence-corrected chi connectivity index (χ1v) is 16.4. The lowest BCUT2D eigenvalue weighted by molar-refractivity contribution is 0.200. The van der Waals surface area contributed by atoms with Crippen molar-refractivity contribution in [3.63, 3.8) is 0 Å². The number of likely N-dealkylation sites (tertiary alicyclic amines) is 5. The Morgan fingerprint density at radius 3 is 1.00 bits per heavy atom. The van der Waals surface area contributed by atoms with E-state index in [0.29, 0.717) is 0 Å². The van der Waals surface area contributed by atoms with Crippen molar-refractivity contribution in [1.82, 2.24) is 24.5 Å². The monoisotopic (exact) mass is 602 g/mol. The third-order valence-electron chi connectivity index (χ3n) is 9.51. The van der Waals surface area contributed by atoms with E-state index in [4.69, 9.17) is 0 Å². The van der Waals surface area contributed by atoms with Gasteiger partial charge < -0.3 is 24.5 Å². The van der Waals surface area contributed by atoms with Gasteiger partial charge in [-0.15, -0.1) is 0 Å². The Kier molecular flexibility index (Phi) is 32.8. The van der Waals surface area contributed by atoms with Gasteiger partial charge in [0, 0.05) is 25.2 Å². The predicted octanol–water partition coefficient (Wildman–Crippen LogP) is 8.79. The molecule has 0 amide bonds. The van der Waals surface area contributed by atoms with Crippen molar-refractivity contribution in [2.24, 2.45) is 17.8 Å². The molecule has 0 aromatic heterocycles. The lowest BCUT2D eigenvalue weighted by Crippen LogP contribution is -2.33. The van der Waals surface area contributed by atoms with Crippen molar-refractivity contribution in [3.05, 3.63) is 0 Å². The molecule has 0 radical (unpaired) electrons. The van der Waals surface area contributed by atoms with Crippen LogP contribution in [0.3, 0.4) is 0 Å². The molecular formula is C37H87N5. The van der Waals surface area contributed by atoms with Gasteiger partial charge in [0.05, 0.1) is 0 Å². The number of hydrogen-bond donors (Lipinski definition) is 0. The second kappa shape index (κ2) is 28.3. The van der Waals surface area contributed by atoms with Crippen molar-refractivity contribution in [2.75, 3.05) is 87.6 Å². The molecule has 42 heavy (non-hydrogen) atoms. The smallest absolute Gasteiger partial charge is 0.00643 e. The summed E-state index contributed by atoms with van der Waals surface area (Å²) in [6, 6.07) is 1.68. The fraction of sp³-hybridized carbons (Fsp3) is 1.00. The van der Waals surface area contributed by atoms with E-state index < -0.39 is 0 Å². The summed E-state index contributed by atoms with van der Waals surface area (Å²) in [4.78, 5) is 12.0. The standard InChI is InChI=1S/3C7H15N.2C6H13N.4CH4/c1-7-3-5-8(2)6-4-7;1-7-4-3-5-8(2)6-7;1-7-5-3-4-6-8(7)2;1-6-3-4-7(2)5-6;1-6-4-3-5-7(6)2;;;;/h3*7H,3-6H2,1-2H3;2*6H,3-5H2,1-2H3;4*1H4. The molecule has 0 aromatic rings. The van der Waals surface area contributed by atoms with Crippen molar-refractivity contribution in [2.45, 2.75) is 141 Å². The van der Waals surface area contributed by atoms with Crippen LogP contribution < -0.4 is 0 Å². The van der Waals surface area contributed by atoms with Crippen LogP contribution in [-0.2, 0) is 0 Å². The lowest BCUT2D eigenvalue weighted by atomic mass is 10.00. The predicted molar refractivity (Wildman–Crippen MR) is 197 cm³/mol. The van der Waals surface area contributed by atoms with Crippen molar-refractivity contribution >= 4 is 0 Å². The fourth-order valence-electron chi connectivity index (χ4n) is 6.04. The maximum atomic E-state index is 2.43. The highest BCUT2D eigenvalue weighted by Gasteiger charge is 2.15. The summed E-state index contributed by atoms with van der Waals surface area (Å²) in [6.45, 7) is 22.0. The molecule has 5 nitrogen and oxygen atoms in total. The molecule has 5 fully saturated rings. The third kappa shape index (κ3) is 24.2. The van der Waals surface area contributed by atoms with Gasteiger partial charge in [-0.25, -0.2) is 0 Å². The minimum atomic E-state index is 0. The van der Waals surface area contributed by atoms with Gasteiger partial charge in [-0.2, -0.15) is 0 Å². The van der Waals surface area contributed by atoms with E-state index in [9.17, 15) is 0 Å². The number of rotatable bonds is 0. The Labute approximate surface area is 270 Å². The van der Waals surface area contributed by atoms with Gasteiger partial charge in [0.25, 0.3) is 0 Å². The fourth-order valence-corrected chi connectivity index (χ4v) is 6.04. The first kappa shape index (κ1) is 48.7. The van der Waals surface area contributed by atoms with Crippen LogP contribution in [0.5, 0.6) is 0 Å². The Morgan fingerprint density at radius 2 is 0.738 bits per heavy atom. The molecule has 0 N–H and O–H groups in total. The summed E-state index contributed by atoms with van der Waals surface area (Å²) in [7, 11) is 11.0. The van der Waals surface area contributed by atoms with Crippen molar-refractivity contribution < 1.29 is 0 Å². The highest BCUT2D eigenvalue weighted by molar-refractivity contribution is 4.71. The number of hydrogen-bond acceptors (Lipinski definition) is 5. The summed E-state index contributed by atoms with van der Waals surface area (Å²) in [5.74, 6) is 2.87. The minimum Gasteiger partial charge on any atom is -0.306 e. The molecule has 0 saturated carbocycles. The summed E-state index contributed by atoms with van der Waals surface area (Å²) in [5, 5.41) is 0. The quantitative estimate of drug-likeness (QED) is 0.275. The minimum absolute atomic E-state index is 0. The van der Waals surface area contributed by atoms with Crippen LogP contribution in [0.2, 0.25) is 0 Å². The zero-order valence-electron chi connectivity index (χ0n) is 27.9. The van der Waals surface area contributed by atoms with E-state index in [-0.39, 0.29) is 29.7 Å². The zero-order chi connectivity index (χ0) is 28.5. The average molecular weight is 602 g/mol. The van der Waals surface area contributed by atoms with Crippen LogP contribution in [0.4, 0.5) is 0 Å². The SMILES string of the molecule is C.C.C.C.CC1CCCCN1C.CC1CCCN(C)C1.CC1CCCN1C.CC1CCN(C)C1.CC1CCN(C)CC1. The molecule has 4 unspecified atom stereocenters. The van der Waals surface area contributed by atoms with Gasteiger partial charge in [0.15, 0.2) is 0 Å². The topological polar surface area (TPSA) is 16.2 Å². The van der Waals surface area contributed by atoms with Gasteiger partial charge in [-0.05, 0) is 164 Å². The van der Waals surface area contributed by atoms with E-state index in [1.165, 1.54) is 117 Å². The maximum absolute atomic E-state index is 2.43. The van der Waals surface area contributed by atoms with E-state index in [0.717, 1.165) is 29.8 Å². The summed E-state index contributed by atoms with van der Waals surface area (Å²) < 4.78 is 0. The van der Waals surface area contributed by atoms with Crippen LogP contribution in [0, 0.1) is 17.8 Å². The van der Waals surface area contributed by atoms with Crippen LogP contribution in [-0.4, -0.2) is 124 Å². The van der Waals surface area contributed by atoms with Crippen molar-refractivity contribution in [1.29, 1.82) is 0 Å². The lowest BCUT2D eigenvalue weighted by Gasteiger charge is -2.29. The van der Waals surface area contributed by atoms with Gasteiger partial charge >= 0.3 is 0 Å². The van der Waals surface area contributed by atoms with Gasteiger partial charge in [0.2, 0.25) is 0 Å². The molecule has 0 bridgehead atoms. The zero-order valence-corrected chi connectivity index (χ0v) is 27.9. The van der Waals surface area contributed by atoms with Crippen LogP contribution >= 0.6 is 0 Å². The molecule has 5 heteroatoms. The van der Waals surface area contributed by atoms with Crippen LogP contribution in [0.15, 0.2) is 0 Å². The molecule has 5 aliphatic rings. The van der Waals surface area contributed by atoms with Gasteiger partial charge in [-0.3, -0.25) is 0 Å². The third-order valence-corrected chi connectivity index (χ3v) is 9.51. The van der Waals surface area contributed by atoms with E-state index >= 15 is 0 Å².